The zero-order chi connectivity index (χ0) is 31.3. The molecule has 0 fully saturated rings. The molecule has 43 heavy (non-hydrogen) atoms. The summed E-state index contributed by atoms with van der Waals surface area (Å²) in [5.41, 5.74) is 1.39. The predicted molar refractivity (Wildman–Crippen MR) is 162 cm³/mol. The van der Waals surface area contributed by atoms with Crippen LogP contribution in [-0.4, -0.2) is 55.1 Å². The van der Waals surface area contributed by atoms with E-state index in [9.17, 15) is 19.5 Å². The summed E-state index contributed by atoms with van der Waals surface area (Å²) < 4.78 is 29.2. The van der Waals surface area contributed by atoms with Gasteiger partial charge >= 0.3 is 11.9 Å². The average molecular weight is 676 g/mol. The number of phenolic OH excluding ortho intramolecular Hbond substituents is 1. The van der Waals surface area contributed by atoms with Crippen LogP contribution in [0.3, 0.4) is 0 Å². The van der Waals surface area contributed by atoms with E-state index >= 15 is 0 Å². The lowest BCUT2D eigenvalue weighted by atomic mass is 9.95. The molecule has 1 N–H and O–H groups in total. The molecule has 1 aliphatic rings. The molecule has 0 amide bonds. The summed E-state index contributed by atoms with van der Waals surface area (Å²) in [5.74, 6) is -0.316. The summed E-state index contributed by atoms with van der Waals surface area (Å²) in [7, 11) is 1.26. The lowest BCUT2D eigenvalue weighted by Crippen LogP contribution is -2.40. The fourth-order valence-electron chi connectivity index (χ4n) is 4.48. The molecule has 2 heterocycles. The molecule has 1 aromatic heterocycles. The van der Waals surface area contributed by atoms with Crippen molar-refractivity contribution < 1.29 is 38.4 Å². The molecule has 0 saturated carbocycles. The van der Waals surface area contributed by atoms with E-state index in [0.717, 1.165) is 11.3 Å². The van der Waals surface area contributed by atoms with Gasteiger partial charge in [-0.05, 0) is 85.1 Å². The zero-order valence-electron chi connectivity index (χ0n) is 24.3. The minimum atomic E-state index is -0.892. The van der Waals surface area contributed by atoms with Gasteiger partial charge in [0.1, 0.15) is 0 Å². The van der Waals surface area contributed by atoms with Crippen LogP contribution in [0.5, 0.6) is 23.0 Å². The number of allylic oxidation sites excluding steroid dienone is 1. The molecule has 1 atom stereocenters. The Kier molecular flexibility index (Phi) is 10.3. The maximum absolute atomic E-state index is 14.0. The van der Waals surface area contributed by atoms with Gasteiger partial charge in [0, 0.05) is 0 Å². The fraction of sp³-hybridized carbons (Fsp3) is 0.333. The van der Waals surface area contributed by atoms with Crippen LogP contribution in [0, 0.1) is 0 Å². The van der Waals surface area contributed by atoms with Crippen LogP contribution in [0.15, 0.2) is 55.9 Å². The van der Waals surface area contributed by atoms with Crippen molar-refractivity contribution >= 4 is 45.3 Å². The number of fused-ring (bicyclic) bond motifs is 1. The van der Waals surface area contributed by atoms with E-state index in [1.54, 1.807) is 64.1 Å². The van der Waals surface area contributed by atoms with Gasteiger partial charge in [-0.3, -0.25) is 9.36 Å². The van der Waals surface area contributed by atoms with E-state index < -0.39 is 18.0 Å². The van der Waals surface area contributed by atoms with Crippen molar-refractivity contribution in [3.63, 3.8) is 0 Å². The van der Waals surface area contributed by atoms with Gasteiger partial charge in [-0.25, -0.2) is 14.6 Å². The van der Waals surface area contributed by atoms with E-state index in [2.05, 4.69) is 25.7 Å². The number of carbonyl (C=O) groups is 2. The quantitative estimate of drug-likeness (QED) is 0.303. The minimum Gasteiger partial charge on any atom is -0.503 e. The number of carbonyl (C=O) groups excluding carboxylic acids is 2. The maximum atomic E-state index is 14.0. The summed E-state index contributed by atoms with van der Waals surface area (Å²) >= 11 is 4.50. The largest absolute Gasteiger partial charge is 0.503 e. The predicted octanol–water partition coefficient (Wildman–Crippen LogP) is 3.62. The van der Waals surface area contributed by atoms with Crippen LogP contribution >= 0.6 is 27.3 Å². The number of aromatic nitrogens is 1. The number of esters is 2. The zero-order valence-corrected chi connectivity index (χ0v) is 26.7. The standard InChI is InChI=1S/C30H31BrN2O9S/c1-6-39-21-14-18(9-10-20(21)42-15-24(34)38-5)26-25(29(37)41-8-3)16(4)32-30-33(26)28(36)23(43-30)13-17-11-19(31)27(35)22(12-17)40-7-2/h9-14,26,35H,6-8,15H2,1-5H3/b23-13-/t26-/m1/s1. The van der Waals surface area contributed by atoms with Crippen molar-refractivity contribution in [2.24, 2.45) is 4.99 Å². The molecular weight excluding hydrogens is 644 g/mol. The molecule has 228 valence electrons. The molecule has 0 radical (unpaired) electrons. The Morgan fingerprint density at radius 2 is 1.77 bits per heavy atom. The second-order valence-electron chi connectivity index (χ2n) is 9.09. The first-order valence-corrected chi connectivity index (χ1v) is 15.1. The molecule has 11 nitrogen and oxygen atoms in total. The molecule has 0 unspecified atom stereocenters. The molecule has 1 aliphatic heterocycles. The SMILES string of the molecule is CCOC(=O)C1=C(C)N=c2s/c(=C\c3cc(Br)c(O)c(OCC)c3)c(=O)n2[C@@H]1c1ccc(OCC(=O)OC)c(OCC)c1. The Balaban J connectivity index is 1.91. The lowest BCUT2D eigenvalue weighted by Gasteiger charge is -2.25. The molecule has 3 aromatic rings. The van der Waals surface area contributed by atoms with Crippen LogP contribution in [0.25, 0.3) is 6.08 Å². The second kappa shape index (κ2) is 13.9. The smallest absolute Gasteiger partial charge is 0.343 e. The van der Waals surface area contributed by atoms with E-state index in [-0.39, 0.29) is 35.8 Å². The molecule has 0 spiro atoms. The van der Waals surface area contributed by atoms with Gasteiger partial charge in [0.25, 0.3) is 5.56 Å². The maximum Gasteiger partial charge on any atom is 0.343 e. The number of phenols is 1. The van der Waals surface area contributed by atoms with Crippen molar-refractivity contribution in [1.82, 2.24) is 4.57 Å². The Morgan fingerprint density at radius 3 is 2.44 bits per heavy atom. The van der Waals surface area contributed by atoms with Crippen LogP contribution in [0.4, 0.5) is 0 Å². The van der Waals surface area contributed by atoms with Gasteiger partial charge in [-0.2, -0.15) is 0 Å². The summed E-state index contributed by atoms with van der Waals surface area (Å²) in [6, 6.07) is 7.39. The summed E-state index contributed by atoms with van der Waals surface area (Å²) in [6.45, 7) is 7.45. The van der Waals surface area contributed by atoms with E-state index in [1.807, 2.05) is 0 Å². The van der Waals surface area contributed by atoms with E-state index in [0.29, 0.717) is 55.3 Å². The van der Waals surface area contributed by atoms with Gasteiger partial charge in [0.05, 0.1) is 53.2 Å². The highest BCUT2D eigenvalue weighted by Crippen LogP contribution is 2.37. The van der Waals surface area contributed by atoms with E-state index in [4.69, 9.17) is 18.9 Å². The molecule has 2 aromatic carbocycles. The fourth-order valence-corrected chi connectivity index (χ4v) is 5.99. The highest BCUT2D eigenvalue weighted by Gasteiger charge is 2.34. The topological polar surface area (TPSA) is 135 Å². The monoisotopic (exact) mass is 674 g/mol. The number of ether oxygens (including phenoxy) is 5. The Labute approximate surface area is 259 Å². The number of aromatic hydroxyl groups is 1. The van der Waals surface area contributed by atoms with Crippen LogP contribution < -0.4 is 29.1 Å². The number of rotatable bonds is 11. The van der Waals surface area contributed by atoms with Crippen molar-refractivity contribution in [3.8, 4) is 23.0 Å². The van der Waals surface area contributed by atoms with Crippen molar-refractivity contribution in [2.45, 2.75) is 33.7 Å². The van der Waals surface area contributed by atoms with Gasteiger partial charge in [0.15, 0.2) is 34.4 Å². The third-order valence-electron chi connectivity index (χ3n) is 6.32. The van der Waals surface area contributed by atoms with Crippen LogP contribution in [-0.2, 0) is 19.1 Å². The average Bonchev–Trinajstić information content (AvgIpc) is 3.28. The van der Waals surface area contributed by atoms with E-state index in [1.165, 1.54) is 11.7 Å². The first-order valence-electron chi connectivity index (χ1n) is 13.4. The summed E-state index contributed by atoms with van der Waals surface area (Å²) in [6.07, 6.45) is 1.67. The Hall–Kier alpha value is -4.10. The van der Waals surface area contributed by atoms with Gasteiger partial charge in [-0.15, -0.1) is 0 Å². The van der Waals surface area contributed by atoms with Gasteiger partial charge in [-0.1, -0.05) is 17.4 Å². The highest BCUT2D eigenvalue weighted by molar-refractivity contribution is 9.10. The molecular formula is C30H31BrN2O9S. The van der Waals surface area contributed by atoms with Crippen LogP contribution in [0.2, 0.25) is 0 Å². The number of thiazole rings is 1. The first-order chi connectivity index (χ1) is 20.6. The molecule has 13 heteroatoms. The minimum absolute atomic E-state index is 0.0423. The molecule has 4 rings (SSSR count). The lowest BCUT2D eigenvalue weighted by molar-refractivity contribution is -0.143. The van der Waals surface area contributed by atoms with Crippen molar-refractivity contribution in [1.29, 1.82) is 0 Å². The van der Waals surface area contributed by atoms with Crippen molar-refractivity contribution in [3.05, 3.63) is 76.9 Å². The molecule has 0 aliphatic carbocycles. The number of hydrogen-bond acceptors (Lipinski definition) is 11. The Morgan fingerprint density at radius 1 is 1.05 bits per heavy atom. The summed E-state index contributed by atoms with van der Waals surface area (Å²) in [5, 5.41) is 10.3. The number of hydrogen-bond donors (Lipinski definition) is 1. The van der Waals surface area contributed by atoms with Crippen LogP contribution in [0.1, 0.15) is 44.9 Å². The number of halogens is 1. The second-order valence-corrected chi connectivity index (χ2v) is 11.0. The third-order valence-corrected chi connectivity index (χ3v) is 7.91. The summed E-state index contributed by atoms with van der Waals surface area (Å²) in [4.78, 5) is 43.9. The van der Waals surface area contributed by atoms with Crippen molar-refractivity contribution in [2.75, 3.05) is 33.5 Å². The highest BCUT2D eigenvalue weighted by atomic mass is 79.9. The third kappa shape index (κ3) is 6.78. The van der Waals surface area contributed by atoms with Gasteiger partial charge < -0.3 is 28.8 Å². The normalized spacial score (nSPS) is 14.6. The van der Waals surface area contributed by atoms with Gasteiger partial charge in [0.2, 0.25) is 0 Å². The number of nitrogens with zero attached hydrogens (tertiary/aromatic N) is 2. The first kappa shape index (κ1) is 31.8. The molecule has 0 saturated heterocycles. The number of methoxy groups -OCH3 is 1. The number of benzene rings is 2. The molecule has 0 bridgehead atoms. The Bertz CT molecular complexity index is 1760.